The number of rotatable bonds is 8. The molecule has 176 valence electrons. The Balaban J connectivity index is 1.88. The lowest BCUT2D eigenvalue weighted by Crippen LogP contribution is -2.69. The van der Waals surface area contributed by atoms with Gasteiger partial charge in [0.25, 0.3) is 0 Å². The Labute approximate surface area is 195 Å². The van der Waals surface area contributed by atoms with Crippen LogP contribution in [0.1, 0.15) is 38.3 Å². The highest BCUT2D eigenvalue weighted by atomic mass is 16.6. The Morgan fingerprint density at radius 3 is 2.12 bits per heavy atom. The number of aliphatic carboxylic acids is 1. The SMILES string of the molecule is CC(C)C[C@H](C(=O)O)N1CCN(C(=O)OCc2ccccc2)[C@](C)(Cc2ccccc2)C1=O. The Bertz CT molecular complexity index is 963. The van der Waals surface area contributed by atoms with E-state index in [4.69, 9.17) is 4.74 Å². The predicted molar refractivity (Wildman–Crippen MR) is 124 cm³/mol. The molecule has 7 nitrogen and oxygen atoms in total. The molecule has 0 aliphatic carbocycles. The molecule has 0 saturated carbocycles. The second kappa shape index (κ2) is 10.5. The summed E-state index contributed by atoms with van der Waals surface area (Å²) >= 11 is 0. The van der Waals surface area contributed by atoms with Crippen LogP contribution in [-0.4, -0.2) is 57.5 Å². The molecule has 1 aliphatic rings. The number of carbonyl (C=O) groups excluding carboxylic acids is 2. The Kier molecular flexibility index (Phi) is 7.74. The van der Waals surface area contributed by atoms with Gasteiger partial charge in [-0.25, -0.2) is 9.59 Å². The van der Waals surface area contributed by atoms with Crippen LogP contribution < -0.4 is 0 Å². The number of hydrogen-bond acceptors (Lipinski definition) is 4. The van der Waals surface area contributed by atoms with Crippen LogP contribution in [0.15, 0.2) is 60.7 Å². The Morgan fingerprint density at radius 2 is 1.58 bits per heavy atom. The fraction of sp³-hybridized carbons (Fsp3) is 0.423. The van der Waals surface area contributed by atoms with Crippen LogP contribution in [-0.2, 0) is 27.4 Å². The van der Waals surface area contributed by atoms with Crippen LogP contribution >= 0.6 is 0 Å². The molecule has 2 amide bonds. The van der Waals surface area contributed by atoms with Gasteiger partial charge in [-0.2, -0.15) is 0 Å². The van der Waals surface area contributed by atoms with E-state index in [2.05, 4.69) is 0 Å². The average molecular weight is 453 g/mol. The third-order valence-electron chi connectivity index (χ3n) is 6.05. The summed E-state index contributed by atoms with van der Waals surface area (Å²) in [5, 5.41) is 9.84. The lowest BCUT2D eigenvalue weighted by Gasteiger charge is -2.48. The molecule has 2 aromatic carbocycles. The molecular weight excluding hydrogens is 420 g/mol. The third-order valence-corrected chi connectivity index (χ3v) is 6.05. The first-order chi connectivity index (χ1) is 15.7. The molecule has 3 rings (SSSR count). The molecule has 1 saturated heterocycles. The van der Waals surface area contributed by atoms with Crippen molar-refractivity contribution in [3.8, 4) is 0 Å². The minimum Gasteiger partial charge on any atom is -0.480 e. The minimum atomic E-state index is -1.27. The van der Waals surface area contributed by atoms with E-state index in [0.29, 0.717) is 6.42 Å². The maximum atomic E-state index is 13.8. The smallest absolute Gasteiger partial charge is 0.411 e. The van der Waals surface area contributed by atoms with Gasteiger partial charge in [0.05, 0.1) is 0 Å². The van der Waals surface area contributed by atoms with Crippen molar-refractivity contribution in [2.24, 2.45) is 5.92 Å². The molecule has 0 unspecified atom stereocenters. The van der Waals surface area contributed by atoms with Gasteiger partial charge in [0, 0.05) is 19.5 Å². The normalized spacial score (nSPS) is 19.5. The van der Waals surface area contributed by atoms with Crippen LogP contribution in [0.2, 0.25) is 0 Å². The summed E-state index contributed by atoms with van der Waals surface area (Å²) in [6, 6.07) is 17.8. The number of piperazine rings is 1. The van der Waals surface area contributed by atoms with Crippen molar-refractivity contribution in [2.75, 3.05) is 13.1 Å². The van der Waals surface area contributed by atoms with Crippen molar-refractivity contribution < 1.29 is 24.2 Å². The van der Waals surface area contributed by atoms with Crippen molar-refractivity contribution in [3.63, 3.8) is 0 Å². The van der Waals surface area contributed by atoms with E-state index < -0.39 is 23.6 Å². The van der Waals surface area contributed by atoms with Gasteiger partial charge in [-0.1, -0.05) is 74.5 Å². The molecule has 0 spiro atoms. The van der Waals surface area contributed by atoms with Crippen molar-refractivity contribution in [3.05, 3.63) is 71.8 Å². The number of ether oxygens (including phenoxy) is 1. The fourth-order valence-electron chi connectivity index (χ4n) is 4.34. The zero-order valence-electron chi connectivity index (χ0n) is 19.4. The van der Waals surface area contributed by atoms with Gasteiger partial charge in [-0.05, 0) is 30.4 Å². The van der Waals surface area contributed by atoms with Gasteiger partial charge in [-0.15, -0.1) is 0 Å². The number of hydrogen-bond donors (Lipinski definition) is 1. The highest BCUT2D eigenvalue weighted by Crippen LogP contribution is 2.30. The zero-order valence-corrected chi connectivity index (χ0v) is 19.4. The highest BCUT2D eigenvalue weighted by molar-refractivity contribution is 5.93. The van der Waals surface area contributed by atoms with Gasteiger partial charge in [0.15, 0.2) is 0 Å². The molecule has 1 aliphatic heterocycles. The van der Waals surface area contributed by atoms with Crippen LogP contribution in [0, 0.1) is 5.92 Å². The van der Waals surface area contributed by atoms with Crippen molar-refractivity contribution in [1.29, 1.82) is 0 Å². The van der Waals surface area contributed by atoms with Crippen LogP contribution in [0.3, 0.4) is 0 Å². The van der Waals surface area contributed by atoms with Gasteiger partial charge in [0.2, 0.25) is 5.91 Å². The number of benzene rings is 2. The first-order valence-corrected chi connectivity index (χ1v) is 11.3. The highest BCUT2D eigenvalue weighted by Gasteiger charge is 2.51. The largest absolute Gasteiger partial charge is 0.480 e. The van der Waals surface area contributed by atoms with Crippen molar-refractivity contribution in [2.45, 2.75) is 51.8 Å². The van der Waals surface area contributed by atoms with Crippen LogP contribution in [0.25, 0.3) is 0 Å². The molecule has 1 N–H and O–H groups in total. The number of carboxylic acids is 1. The second-order valence-electron chi connectivity index (χ2n) is 9.11. The van der Waals surface area contributed by atoms with Gasteiger partial charge in [-0.3, -0.25) is 9.69 Å². The van der Waals surface area contributed by atoms with Crippen LogP contribution in [0.4, 0.5) is 4.79 Å². The summed E-state index contributed by atoms with van der Waals surface area (Å²) in [5.41, 5.74) is 0.466. The second-order valence-corrected chi connectivity index (χ2v) is 9.11. The quantitative estimate of drug-likeness (QED) is 0.655. The van der Waals surface area contributed by atoms with E-state index in [-0.39, 0.29) is 37.9 Å². The Morgan fingerprint density at radius 1 is 1.00 bits per heavy atom. The molecule has 1 heterocycles. The topological polar surface area (TPSA) is 87.2 Å². The summed E-state index contributed by atoms with van der Waals surface area (Å²) in [6.45, 7) is 6.01. The lowest BCUT2D eigenvalue weighted by atomic mass is 9.86. The van der Waals surface area contributed by atoms with E-state index in [1.54, 1.807) is 6.92 Å². The van der Waals surface area contributed by atoms with E-state index in [0.717, 1.165) is 11.1 Å². The van der Waals surface area contributed by atoms with Crippen molar-refractivity contribution in [1.82, 2.24) is 9.80 Å². The van der Waals surface area contributed by atoms with E-state index in [1.165, 1.54) is 9.80 Å². The number of amides is 2. The zero-order chi connectivity index (χ0) is 24.0. The molecule has 0 bridgehead atoms. The summed E-state index contributed by atoms with van der Waals surface area (Å²) < 4.78 is 5.56. The van der Waals surface area contributed by atoms with Gasteiger partial charge < -0.3 is 14.7 Å². The Hall–Kier alpha value is -3.35. The first kappa shape index (κ1) is 24.3. The summed E-state index contributed by atoms with van der Waals surface area (Å²) in [6.07, 6.45) is 0.0273. The number of carbonyl (C=O) groups is 3. The minimum absolute atomic E-state index is 0.0978. The van der Waals surface area contributed by atoms with E-state index in [1.807, 2.05) is 74.5 Å². The lowest BCUT2D eigenvalue weighted by molar-refractivity contribution is -0.161. The first-order valence-electron chi connectivity index (χ1n) is 11.3. The van der Waals surface area contributed by atoms with Gasteiger partial charge in [0.1, 0.15) is 18.2 Å². The van der Waals surface area contributed by atoms with Crippen LogP contribution in [0.5, 0.6) is 0 Å². The van der Waals surface area contributed by atoms with Crippen molar-refractivity contribution >= 4 is 18.0 Å². The van der Waals surface area contributed by atoms with Gasteiger partial charge >= 0.3 is 12.1 Å². The molecular formula is C26H32N2O5. The fourth-order valence-corrected chi connectivity index (χ4v) is 4.34. The van der Waals surface area contributed by atoms with E-state index in [9.17, 15) is 19.5 Å². The summed E-state index contributed by atoms with van der Waals surface area (Å²) in [7, 11) is 0. The maximum Gasteiger partial charge on any atom is 0.411 e. The predicted octanol–water partition coefficient (Wildman–Crippen LogP) is 3.97. The molecule has 7 heteroatoms. The number of carboxylic acid groups (broad SMARTS) is 1. The molecule has 2 atom stereocenters. The molecule has 2 aromatic rings. The maximum absolute atomic E-state index is 13.8. The molecule has 33 heavy (non-hydrogen) atoms. The monoisotopic (exact) mass is 452 g/mol. The summed E-state index contributed by atoms with van der Waals surface area (Å²) in [5.74, 6) is -1.30. The standard InChI is InChI=1S/C26H32N2O5/c1-19(2)16-22(23(29)30)27-14-15-28(25(32)33-18-21-12-8-5-9-13-21)26(3,24(27)31)17-20-10-6-4-7-11-20/h4-13,19,22H,14-18H2,1-3H3,(H,29,30)/t22-,26-/m1/s1. The third kappa shape index (κ3) is 5.72. The molecule has 0 aromatic heterocycles. The molecule has 0 radical (unpaired) electrons. The van der Waals surface area contributed by atoms with E-state index >= 15 is 0 Å². The average Bonchev–Trinajstić information content (AvgIpc) is 2.79. The number of nitrogens with zero attached hydrogens (tertiary/aromatic N) is 2. The molecule has 1 fully saturated rings. The summed E-state index contributed by atoms with van der Waals surface area (Å²) in [4.78, 5) is 41.8.